The van der Waals surface area contributed by atoms with Gasteiger partial charge in [0, 0.05) is 41.7 Å². The molecular formula is C29H40O5. The van der Waals surface area contributed by atoms with Crippen LogP contribution in [0, 0.1) is 46.3 Å². The second kappa shape index (κ2) is 8.57. The number of carbonyl (C=O) groups is 4. The summed E-state index contributed by atoms with van der Waals surface area (Å²) in [7, 11) is 0. The van der Waals surface area contributed by atoms with E-state index in [2.05, 4.69) is 27.4 Å². The Morgan fingerprint density at radius 2 is 1.82 bits per heavy atom. The number of hydrogen-bond acceptors (Lipinski definition) is 4. The zero-order chi connectivity index (χ0) is 25.2. The van der Waals surface area contributed by atoms with Crippen LogP contribution in [-0.4, -0.2) is 28.4 Å². The van der Waals surface area contributed by atoms with Gasteiger partial charge >= 0.3 is 5.97 Å². The normalized spacial score (nSPS) is 39.3. The van der Waals surface area contributed by atoms with Crippen LogP contribution in [0.3, 0.4) is 0 Å². The van der Waals surface area contributed by atoms with Crippen molar-refractivity contribution in [1.29, 1.82) is 0 Å². The van der Waals surface area contributed by atoms with Crippen LogP contribution in [0.25, 0.3) is 0 Å². The average Bonchev–Trinajstić information content (AvgIpc) is 3.11. The van der Waals surface area contributed by atoms with Gasteiger partial charge in [-0.3, -0.25) is 19.2 Å². The Balaban J connectivity index is 1.61. The summed E-state index contributed by atoms with van der Waals surface area (Å²) in [5.41, 5.74) is 1.70. The number of carboxylic acids is 1. The predicted octanol–water partition coefficient (Wildman–Crippen LogP) is 5.58. The number of ketones is 3. The van der Waals surface area contributed by atoms with E-state index in [-0.39, 0.29) is 45.9 Å². The van der Waals surface area contributed by atoms with Gasteiger partial charge < -0.3 is 5.11 Å². The Morgan fingerprint density at radius 1 is 1.15 bits per heavy atom. The lowest BCUT2D eigenvalue weighted by atomic mass is 9.48. The maximum atomic E-state index is 13.8. The Bertz CT molecular complexity index is 988. The van der Waals surface area contributed by atoms with Crippen molar-refractivity contribution in [2.75, 3.05) is 0 Å². The quantitative estimate of drug-likeness (QED) is 0.514. The third-order valence-corrected chi connectivity index (χ3v) is 10.5. The molecule has 1 N–H and O–H groups in total. The van der Waals surface area contributed by atoms with Gasteiger partial charge in [0.2, 0.25) is 0 Å². The van der Waals surface area contributed by atoms with E-state index in [4.69, 9.17) is 0 Å². The van der Waals surface area contributed by atoms with Gasteiger partial charge in [-0.1, -0.05) is 39.8 Å². The molecule has 8 atom stereocenters. The monoisotopic (exact) mass is 468 g/mol. The van der Waals surface area contributed by atoms with E-state index >= 15 is 0 Å². The smallest absolute Gasteiger partial charge is 0.310 e. The van der Waals surface area contributed by atoms with E-state index in [0.717, 1.165) is 36.0 Å². The summed E-state index contributed by atoms with van der Waals surface area (Å²) in [6.45, 7) is 14.2. The first-order chi connectivity index (χ1) is 15.8. The minimum Gasteiger partial charge on any atom is -0.481 e. The molecule has 4 aliphatic rings. The van der Waals surface area contributed by atoms with E-state index < -0.39 is 11.9 Å². The first kappa shape index (κ1) is 25.1. The van der Waals surface area contributed by atoms with Crippen LogP contribution in [0.2, 0.25) is 0 Å². The van der Waals surface area contributed by atoms with Crippen LogP contribution in [-0.2, 0) is 19.2 Å². The van der Waals surface area contributed by atoms with E-state index in [1.54, 1.807) is 6.92 Å². The Kier molecular flexibility index (Phi) is 6.31. The lowest BCUT2D eigenvalue weighted by Gasteiger charge is -2.53. The topological polar surface area (TPSA) is 88.5 Å². The molecule has 0 aromatic heterocycles. The standard InChI is InChI=1S/C29H40O5/c1-15(17(3)27(33)34)7-8-16(2)19-9-10-20-25-23(31)13-21-18(4)22(30)11-12-28(21,5)26(25)24(32)14-29(19,20)6/h16-21H,1,7-14H2,2-6H3,(H,33,34)/t16-,17?,18+,19?,20?,21?,28?,29?/m1/s1. The van der Waals surface area contributed by atoms with Gasteiger partial charge in [0.1, 0.15) is 5.78 Å². The van der Waals surface area contributed by atoms with E-state index in [1.807, 2.05) is 6.92 Å². The molecule has 0 bridgehead atoms. The van der Waals surface area contributed by atoms with Crippen molar-refractivity contribution < 1.29 is 24.3 Å². The molecule has 0 amide bonds. The van der Waals surface area contributed by atoms with Gasteiger partial charge in [0.05, 0.1) is 5.92 Å². The molecule has 5 nitrogen and oxygen atoms in total. The number of aliphatic carboxylic acids is 1. The molecule has 4 rings (SSSR count). The summed E-state index contributed by atoms with van der Waals surface area (Å²) in [4.78, 5) is 51.1. The first-order valence-electron chi connectivity index (χ1n) is 13.1. The maximum absolute atomic E-state index is 13.8. The highest BCUT2D eigenvalue weighted by Gasteiger charge is 2.61. The van der Waals surface area contributed by atoms with Crippen molar-refractivity contribution in [3.05, 3.63) is 23.3 Å². The van der Waals surface area contributed by atoms with E-state index in [9.17, 15) is 24.3 Å². The molecule has 2 saturated carbocycles. The second-order valence-corrected chi connectivity index (χ2v) is 12.3. The zero-order valence-corrected chi connectivity index (χ0v) is 21.4. The molecule has 6 unspecified atom stereocenters. The summed E-state index contributed by atoms with van der Waals surface area (Å²) in [5.74, 6) is -0.453. The molecule has 5 heteroatoms. The number of fused-ring (bicyclic) bond motifs is 4. The Hall–Kier alpha value is -2.04. The third kappa shape index (κ3) is 3.65. The molecule has 0 spiro atoms. The van der Waals surface area contributed by atoms with Crippen molar-refractivity contribution in [1.82, 2.24) is 0 Å². The fraction of sp³-hybridized carbons (Fsp3) is 0.724. The predicted molar refractivity (Wildman–Crippen MR) is 130 cm³/mol. The second-order valence-electron chi connectivity index (χ2n) is 12.3. The van der Waals surface area contributed by atoms with Gasteiger partial charge in [0.15, 0.2) is 11.6 Å². The van der Waals surface area contributed by atoms with Crippen LogP contribution in [0.15, 0.2) is 23.3 Å². The lowest BCUT2D eigenvalue weighted by molar-refractivity contribution is -0.140. The van der Waals surface area contributed by atoms with Crippen LogP contribution in [0.1, 0.15) is 86.0 Å². The molecule has 0 aromatic rings. The van der Waals surface area contributed by atoms with E-state index in [1.165, 1.54) is 0 Å². The number of allylic oxidation sites excluding steroid dienone is 2. The number of hydrogen-bond donors (Lipinski definition) is 1. The lowest BCUT2D eigenvalue weighted by Crippen LogP contribution is -2.53. The Labute approximate surface area is 203 Å². The summed E-state index contributed by atoms with van der Waals surface area (Å²) < 4.78 is 0. The minimum atomic E-state index is -0.843. The SMILES string of the molecule is C=C(CC[C@@H](C)C1CCC2C3=C(C(=O)CC21C)C1(C)CCC(=O)[C@@H](C)C1CC3=O)C(C)C(=O)O. The zero-order valence-electron chi connectivity index (χ0n) is 21.4. The molecule has 34 heavy (non-hydrogen) atoms. The maximum Gasteiger partial charge on any atom is 0.310 e. The molecule has 0 aliphatic heterocycles. The fourth-order valence-electron chi connectivity index (χ4n) is 8.25. The molecule has 186 valence electrons. The molecule has 4 aliphatic carbocycles. The number of rotatable bonds is 6. The minimum absolute atomic E-state index is 0.0633. The first-order valence-corrected chi connectivity index (χ1v) is 13.1. The van der Waals surface area contributed by atoms with Crippen molar-refractivity contribution in [3.63, 3.8) is 0 Å². The van der Waals surface area contributed by atoms with Gasteiger partial charge in [-0.05, 0) is 68.1 Å². The van der Waals surface area contributed by atoms with Gasteiger partial charge in [-0.2, -0.15) is 0 Å². The number of carboxylic acid groups (broad SMARTS) is 1. The van der Waals surface area contributed by atoms with Crippen LogP contribution in [0.4, 0.5) is 0 Å². The molecule has 2 fully saturated rings. The van der Waals surface area contributed by atoms with Crippen molar-refractivity contribution >= 4 is 23.3 Å². The van der Waals surface area contributed by atoms with Gasteiger partial charge in [-0.25, -0.2) is 0 Å². The highest BCUT2D eigenvalue weighted by molar-refractivity contribution is 6.11. The fourth-order valence-corrected chi connectivity index (χ4v) is 8.25. The molecular weight excluding hydrogens is 428 g/mol. The number of Topliss-reactive ketones (excluding diaryl/α,β-unsaturated/α-hetero) is 3. The molecule has 0 saturated heterocycles. The van der Waals surface area contributed by atoms with Gasteiger partial charge in [-0.15, -0.1) is 0 Å². The van der Waals surface area contributed by atoms with Crippen LogP contribution in [0.5, 0.6) is 0 Å². The van der Waals surface area contributed by atoms with Crippen molar-refractivity contribution in [3.8, 4) is 0 Å². The van der Waals surface area contributed by atoms with Crippen molar-refractivity contribution in [2.45, 2.75) is 86.0 Å². The molecule has 0 radical (unpaired) electrons. The summed E-state index contributed by atoms with van der Waals surface area (Å²) >= 11 is 0. The summed E-state index contributed by atoms with van der Waals surface area (Å²) in [5, 5.41) is 9.27. The Morgan fingerprint density at radius 3 is 2.47 bits per heavy atom. The van der Waals surface area contributed by atoms with E-state index in [0.29, 0.717) is 43.9 Å². The summed E-state index contributed by atoms with van der Waals surface area (Å²) in [6, 6.07) is 0. The van der Waals surface area contributed by atoms with Gasteiger partial charge in [0.25, 0.3) is 0 Å². The highest BCUT2D eigenvalue weighted by atomic mass is 16.4. The largest absolute Gasteiger partial charge is 0.481 e. The highest BCUT2D eigenvalue weighted by Crippen LogP contribution is 2.64. The third-order valence-electron chi connectivity index (χ3n) is 10.5. The molecule has 0 heterocycles. The summed E-state index contributed by atoms with van der Waals surface area (Å²) in [6.07, 6.45) is 5.43. The molecule has 0 aromatic carbocycles. The average molecular weight is 469 g/mol. The van der Waals surface area contributed by atoms with Crippen LogP contribution < -0.4 is 0 Å². The van der Waals surface area contributed by atoms with Crippen molar-refractivity contribution in [2.24, 2.45) is 46.3 Å². The number of carbonyl (C=O) groups excluding carboxylic acids is 3. The van der Waals surface area contributed by atoms with Crippen LogP contribution >= 0.6 is 0 Å².